The number of amides is 1. The largest absolute Gasteiger partial charge is 0.480 e. The number of rotatable bonds is 6. The monoisotopic (exact) mass is 184 g/mol. The number of carboxylic acids is 1. The second-order valence-corrected chi connectivity index (χ2v) is 2.63. The van der Waals surface area contributed by atoms with E-state index in [1.54, 1.807) is 6.92 Å². The first-order valence-electron chi connectivity index (χ1n) is 3.96. The summed E-state index contributed by atoms with van der Waals surface area (Å²) in [5.74, 6) is -1.43. The van der Waals surface area contributed by atoms with E-state index in [1.807, 2.05) is 6.07 Å². The molecule has 0 heterocycles. The fourth-order valence-corrected chi connectivity index (χ4v) is 1.10. The van der Waals surface area contributed by atoms with Crippen LogP contribution in [0.4, 0.5) is 0 Å². The molecule has 0 rings (SSSR count). The Bertz CT molecular complexity index is 222. The highest BCUT2D eigenvalue weighted by atomic mass is 16.4. The van der Waals surface area contributed by atoms with Crippen molar-refractivity contribution in [3.8, 4) is 6.07 Å². The Morgan fingerprint density at radius 3 is 2.69 bits per heavy atom. The third-order valence-corrected chi connectivity index (χ3v) is 1.86. The van der Waals surface area contributed by atoms with E-state index in [4.69, 9.17) is 10.4 Å². The number of carbonyl (C=O) groups is 2. The number of hydrogen-bond donors (Lipinski definition) is 2. The van der Waals surface area contributed by atoms with Gasteiger partial charge in [0.25, 0.3) is 0 Å². The smallest absolute Gasteiger partial charge is 0.326 e. The molecule has 0 radical (unpaired) electrons. The molecule has 0 spiro atoms. The van der Waals surface area contributed by atoms with Gasteiger partial charge in [-0.2, -0.15) is 5.26 Å². The maximum Gasteiger partial charge on any atom is 0.326 e. The molecule has 0 aliphatic heterocycles. The van der Waals surface area contributed by atoms with Gasteiger partial charge in [-0.25, -0.2) is 4.79 Å². The second kappa shape index (κ2) is 6.00. The number of nitrogens with one attached hydrogen (secondary N) is 1. The van der Waals surface area contributed by atoms with Crippen LogP contribution < -0.4 is 5.32 Å². The minimum atomic E-state index is -1.10. The molecular weight excluding hydrogens is 172 g/mol. The highest BCUT2D eigenvalue weighted by molar-refractivity contribution is 5.76. The molecule has 0 aliphatic carbocycles. The number of nitrogens with zero attached hydrogens (tertiary/aromatic N) is 1. The number of hydrogen-bond acceptors (Lipinski definition) is 3. The van der Waals surface area contributed by atoms with Crippen LogP contribution in [0.3, 0.4) is 0 Å². The Balaban J connectivity index is 4.39. The molecule has 72 valence electrons. The van der Waals surface area contributed by atoms with E-state index in [9.17, 15) is 9.59 Å². The van der Waals surface area contributed by atoms with Crippen LogP contribution in [0.2, 0.25) is 0 Å². The maximum absolute atomic E-state index is 10.6. The molecule has 0 saturated carbocycles. The minimum Gasteiger partial charge on any atom is -0.480 e. The minimum absolute atomic E-state index is 0.133. The Kier molecular flexibility index (Phi) is 5.28. The standard InChI is InChI=1S/C8H12N2O3/c1-2-6(3-4-9)7(8(12)13)10-5-11/h5-7H,2-3H2,1H3,(H,10,11)(H,12,13). The van der Waals surface area contributed by atoms with E-state index in [1.165, 1.54) is 0 Å². The number of aliphatic carboxylic acids is 1. The fourth-order valence-electron chi connectivity index (χ4n) is 1.10. The highest BCUT2D eigenvalue weighted by Crippen LogP contribution is 2.12. The SMILES string of the molecule is CCC(CC#N)C(NC=O)C(=O)O. The van der Waals surface area contributed by atoms with Crippen molar-refractivity contribution in [1.82, 2.24) is 5.32 Å². The van der Waals surface area contributed by atoms with E-state index in [-0.39, 0.29) is 12.3 Å². The Hall–Kier alpha value is -1.57. The molecule has 0 fully saturated rings. The summed E-state index contributed by atoms with van der Waals surface area (Å²) in [6.45, 7) is 1.78. The summed E-state index contributed by atoms with van der Waals surface area (Å²) >= 11 is 0. The van der Waals surface area contributed by atoms with Crippen LogP contribution >= 0.6 is 0 Å². The zero-order valence-electron chi connectivity index (χ0n) is 7.36. The average Bonchev–Trinajstić information content (AvgIpc) is 2.10. The molecule has 5 heteroatoms. The Labute approximate surface area is 76.4 Å². The van der Waals surface area contributed by atoms with E-state index in [2.05, 4.69) is 5.32 Å². The summed E-state index contributed by atoms with van der Waals surface area (Å²) < 4.78 is 0. The molecule has 0 aromatic carbocycles. The molecule has 0 aromatic rings. The lowest BCUT2D eigenvalue weighted by atomic mass is 9.94. The molecular formula is C8H12N2O3. The molecule has 2 atom stereocenters. The van der Waals surface area contributed by atoms with Crippen molar-refractivity contribution in [2.75, 3.05) is 0 Å². The first-order chi connectivity index (χ1) is 6.17. The lowest BCUT2D eigenvalue weighted by Crippen LogP contribution is -2.41. The highest BCUT2D eigenvalue weighted by Gasteiger charge is 2.25. The first-order valence-corrected chi connectivity index (χ1v) is 3.96. The van der Waals surface area contributed by atoms with E-state index in [0.29, 0.717) is 12.8 Å². The van der Waals surface area contributed by atoms with Crippen LogP contribution in [0.1, 0.15) is 19.8 Å². The van der Waals surface area contributed by atoms with Crippen LogP contribution in [0, 0.1) is 17.2 Å². The molecule has 2 unspecified atom stereocenters. The number of carbonyl (C=O) groups excluding carboxylic acids is 1. The predicted octanol–water partition coefficient (Wildman–Crippen LogP) is 0.125. The normalized spacial score (nSPS) is 13.8. The molecule has 0 aromatic heterocycles. The third-order valence-electron chi connectivity index (χ3n) is 1.86. The zero-order valence-corrected chi connectivity index (χ0v) is 7.36. The van der Waals surface area contributed by atoms with E-state index >= 15 is 0 Å². The van der Waals surface area contributed by atoms with Gasteiger partial charge in [0.15, 0.2) is 0 Å². The number of nitriles is 1. The first kappa shape index (κ1) is 11.4. The predicted molar refractivity (Wildman–Crippen MR) is 44.6 cm³/mol. The average molecular weight is 184 g/mol. The summed E-state index contributed by atoms with van der Waals surface area (Å²) in [6, 6.07) is 0.937. The van der Waals surface area contributed by atoms with Crippen LogP contribution in [0.25, 0.3) is 0 Å². The molecule has 2 N–H and O–H groups in total. The summed E-state index contributed by atoms with van der Waals surface area (Å²) in [7, 11) is 0. The van der Waals surface area contributed by atoms with Gasteiger partial charge in [0.1, 0.15) is 6.04 Å². The van der Waals surface area contributed by atoms with Crippen molar-refractivity contribution < 1.29 is 14.7 Å². The van der Waals surface area contributed by atoms with Gasteiger partial charge in [-0.1, -0.05) is 6.92 Å². The van der Waals surface area contributed by atoms with Crippen molar-refractivity contribution in [3.05, 3.63) is 0 Å². The van der Waals surface area contributed by atoms with Gasteiger partial charge in [0, 0.05) is 12.3 Å². The lowest BCUT2D eigenvalue weighted by Gasteiger charge is -2.18. The van der Waals surface area contributed by atoms with Gasteiger partial charge in [0.2, 0.25) is 6.41 Å². The fraction of sp³-hybridized carbons (Fsp3) is 0.625. The Morgan fingerprint density at radius 2 is 2.38 bits per heavy atom. The van der Waals surface area contributed by atoms with E-state index < -0.39 is 12.0 Å². The van der Waals surface area contributed by atoms with Crippen LogP contribution in [-0.4, -0.2) is 23.5 Å². The summed E-state index contributed by atoms with van der Waals surface area (Å²) in [5.41, 5.74) is 0. The maximum atomic E-state index is 10.6. The lowest BCUT2D eigenvalue weighted by molar-refractivity contribution is -0.142. The van der Waals surface area contributed by atoms with Crippen molar-refractivity contribution in [2.45, 2.75) is 25.8 Å². The van der Waals surface area contributed by atoms with Gasteiger partial charge in [-0.05, 0) is 6.42 Å². The van der Waals surface area contributed by atoms with Gasteiger partial charge in [0.05, 0.1) is 6.07 Å². The molecule has 0 saturated heterocycles. The molecule has 5 nitrogen and oxygen atoms in total. The molecule has 0 aliphatic rings. The van der Waals surface area contributed by atoms with Gasteiger partial charge in [-0.3, -0.25) is 4.79 Å². The summed E-state index contributed by atoms with van der Waals surface area (Å²) in [5, 5.41) is 19.3. The zero-order chi connectivity index (χ0) is 10.3. The van der Waals surface area contributed by atoms with Gasteiger partial charge < -0.3 is 10.4 Å². The van der Waals surface area contributed by atoms with Crippen molar-refractivity contribution in [1.29, 1.82) is 5.26 Å². The van der Waals surface area contributed by atoms with Crippen LogP contribution in [0.15, 0.2) is 0 Å². The quantitative estimate of drug-likeness (QED) is 0.574. The topological polar surface area (TPSA) is 90.2 Å². The summed E-state index contributed by atoms with van der Waals surface area (Å²) in [6.07, 6.45) is 1.03. The van der Waals surface area contributed by atoms with E-state index in [0.717, 1.165) is 0 Å². The van der Waals surface area contributed by atoms with Crippen LogP contribution in [-0.2, 0) is 9.59 Å². The van der Waals surface area contributed by atoms with Crippen LogP contribution in [0.5, 0.6) is 0 Å². The molecule has 13 heavy (non-hydrogen) atoms. The third kappa shape index (κ3) is 3.56. The van der Waals surface area contributed by atoms with Gasteiger partial charge in [-0.15, -0.1) is 0 Å². The molecule has 1 amide bonds. The molecule has 0 bridgehead atoms. The summed E-state index contributed by atoms with van der Waals surface area (Å²) in [4.78, 5) is 20.7. The Morgan fingerprint density at radius 1 is 1.77 bits per heavy atom. The second-order valence-electron chi connectivity index (χ2n) is 2.63. The van der Waals surface area contributed by atoms with Gasteiger partial charge >= 0.3 is 5.97 Å². The van der Waals surface area contributed by atoms with Crippen molar-refractivity contribution in [2.24, 2.45) is 5.92 Å². The number of carboxylic acid groups (broad SMARTS) is 1. The van der Waals surface area contributed by atoms with Crippen molar-refractivity contribution >= 4 is 12.4 Å². The van der Waals surface area contributed by atoms with Crippen molar-refractivity contribution in [3.63, 3.8) is 0 Å².